The molecule has 0 saturated heterocycles. The smallest absolute Gasteiger partial charge is 0.234 e. The molecule has 0 aliphatic heterocycles. The summed E-state index contributed by atoms with van der Waals surface area (Å²) in [6.45, 7) is 0. The van der Waals surface area contributed by atoms with Crippen molar-refractivity contribution in [2.24, 2.45) is 0 Å². The van der Waals surface area contributed by atoms with Crippen LogP contribution in [0.15, 0.2) is 53.7 Å². The zero-order valence-electron chi connectivity index (χ0n) is 13.8. The molecule has 0 aliphatic rings. The van der Waals surface area contributed by atoms with Gasteiger partial charge in [-0.05, 0) is 24.3 Å². The first kappa shape index (κ1) is 18.1. The van der Waals surface area contributed by atoms with Crippen LogP contribution in [0.2, 0.25) is 5.02 Å². The van der Waals surface area contributed by atoms with Gasteiger partial charge in [-0.2, -0.15) is 0 Å². The van der Waals surface area contributed by atoms with Crippen LogP contribution in [-0.2, 0) is 4.79 Å². The number of nitrogens with zero attached hydrogens (tertiary/aromatic N) is 3. The average Bonchev–Trinajstić information content (AvgIpc) is 3.02. The van der Waals surface area contributed by atoms with Crippen molar-refractivity contribution < 1.29 is 9.53 Å². The zero-order valence-corrected chi connectivity index (χ0v) is 15.4. The van der Waals surface area contributed by atoms with E-state index in [1.807, 2.05) is 24.3 Å². The average molecular weight is 390 g/mol. The van der Waals surface area contributed by atoms with Crippen LogP contribution in [-0.4, -0.2) is 33.6 Å². The Kier molecular flexibility index (Phi) is 5.65. The Bertz CT molecular complexity index is 931. The number of aromatic nitrogens is 3. The van der Waals surface area contributed by atoms with Crippen LogP contribution in [0.1, 0.15) is 0 Å². The number of carbonyl (C=O) groups excluding carboxylic acids is 1. The van der Waals surface area contributed by atoms with Crippen LogP contribution in [0.25, 0.3) is 11.4 Å². The molecule has 1 heterocycles. The molecule has 7 nitrogen and oxygen atoms in total. The van der Waals surface area contributed by atoms with Gasteiger partial charge in [-0.3, -0.25) is 4.79 Å². The van der Waals surface area contributed by atoms with Crippen LogP contribution in [0.5, 0.6) is 5.75 Å². The Labute approximate surface area is 159 Å². The number of hydrogen-bond donors (Lipinski definition) is 2. The minimum absolute atomic E-state index is 0.118. The normalized spacial score (nSPS) is 10.5. The maximum Gasteiger partial charge on any atom is 0.234 e. The Morgan fingerprint density at radius 3 is 2.73 bits per heavy atom. The summed E-state index contributed by atoms with van der Waals surface area (Å²) >= 11 is 7.21. The number of methoxy groups -OCH3 is 1. The number of amides is 1. The van der Waals surface area contributed by atoms with Gasteiger partial charge in [0.1, 0.15) is 5.75 Å². The van der Waals surface area contributed by atoms with Crippen LogP contribution in [0.3, 0.4) is 0 Å². The number of halogens is 1. The second-order valence-corrected chi connectivity index (χ2v) is 6.54. The molecule has 134 valence electrons. The van der Waals surface area contributed by atoms with Crippen LogP contribution in [0.4, 0.5) is 5.69 Å². The molecule has 1 aromatic heterocycles. The Morgan fingerprint density at radius 2 is 1.96 bits per heavy atom. The molecule has 0 bridgehead atoms. The molecule has 1 amide bonds. The lowest BCUT2D eigenvalue weighted by Gasteiger charge is -2.08. The number of nitrogens with one attached hydrogen (secondary N) is 1. The highest BCUT2D eigenvalue weighted by Gasteiger charge is 2.16. The molecular weight excluding hydrogens is 374 g/mol. The molecule has 0 spiro atoms. The monoisotopic (exact) mass is 389 g/mol. The van der Waals surface area contributed by atoms with Crippen molar-refractivity contribution in [3.8, 4) is 17.1 Å². The van der Waals surface area contributed by atoms with E-state index in [9.17, 15) is 4.79 Å². The van der Waals surface area contributed by atoms with Crippen molar-refractivity contribution >= 4 is 35.0 Å². The lowest BCUT2D eigenvalue weighted by atomic mass is 10.2. The van der Waals surface area contributed by atoms with Gasteiger partial charge in [0.15, 0.2) is 5.82 Å². The summed E-state index contributed by atoms with van der Waals surface area (Å²) in [6.07, 6.45) is 0. The molecular formula is C17H16ClN5O2S. The fourth-order valence-electron chi connectivity index (χ4n) is 2.27. The van der Waals surface area contributed by atoms with Crippen molar-refractivity contribution in [3.05, 3.63) is 53.6 Å². The molecule has 2 aromatic carbocycles. The highest BCUT2D eigenvalue weighted by molar-refractivity contribution is 7.99. The summed E-state index contributed by atoms with van der Waals surface area (Å²) in [5.74, 6) is 7.08. The van der Waals surface area contributed by atoms with Crippen molar-refractivity contribution in [2.45, 2.75) is 5.16 Å². The van der Waals surface area contributed by atoms with Crippen LogP contribution < -0.4 is 15.9 Å². The zero-order chi connectivity index (χ0) is 18.5. The number of ether oxygens (including phenoxy) is 1. The van der Waals surface area contributed by atoms with E-state index < -0.39 is 0 Å². The van der Waals surface area contributed by atoms with Crippen LogP contribution in [0, 0.1) is 0 Å². The predicted molar refractivity (Wildman–Crippen MR) is 103 cm³/mol. The third-order valence-corrected chi connectivity index (χ3v) is 4.77. The molecule has 26 heavy (non-hydrogen) atoms. The molecule has 0 unspecified atom stereocenters. The minimum atomic E-state index is -0.218. The van der Waals surface area contributed by atoms with Gasteiger partial charge in [-0.15, -0.1) is 10.2 Å². The third-order valence-electron chi connectivity index (χ3n) is 3.49. The number of thioether (sulfide) groups is 1. The molecule has 3 aromatic rings. The van der Waals surface area contributed by atoms with E-state index in [0.717, 1.165) is 5.56 Å². The fourth-order valence-corrected chi connectivity index (χ4v) is 3.11. The van der Waals surface area contributed by atoms with Crippen LogP contribution >= 0.6 is 23.4 Å². The van der Waals surface area contributed by atoms with Gasteiger partial charge in [0.05, 0.1) is 29.1 Å². The Hall–Kier alpha value is -2.71. The number of anilines is 1. The summed E-state index contributed by atoms with van der Waals surface area (Å²) in [5.41, 5.74) is 1.28. The van der Waals surface area contributed by atoms with E-state index in [1.165, 1.54) is 16.4 Å². The lowest BCUT2D eigenvalue weighted by Crippen LogP contribution is -2.16. The molecule has 0 fully saturated rings. The third kappa shape index (κ3) is 3.92. The first-order valence-corrected chi connectivity index (χ1v) is 8.97. The quantitative estimate of drug-likeness (QED) is 0.497. The SMILES string of the molecule is COc1ccccc1-c1nnc(SCC(=O)Nc2ccccc2Cl)n1N. The minimum Gasteiger partial charge on any atom is -0.496 e. The molecule has 9 heteroatoms. The van der Waals surface area contributed by atoms with Gasteiger partial charge in [0, 0.05) is 0 Å². The summed E-state index contributed by atoms with van der Waals surface area (Å²) < 4.78 is 6.66. The maximum atomic E-state index is 12.1. The first-order chi connectivity index (χ1) is 12.6. The van der Waals surface area contributed by atoms with Crippen molar-refractivity contribution in [1.29, 1.82) is 0 Å². The second kappa shape index (κ2) is 8.11. The van der Waals surface area contributed by atoms with E-state index in [-0.39, 0.29) is 11.7 Å². The second-order valence-electron chi connectivity index (χ2n) is 5.19. The van der Waals surface area contributed by atoms with Crippen molar-refractivity contribution in [3.63, 3.8) is 0 Å². The maximum absolute atomic E-state index is 12.1. The summed E-state index contributed by atoms with van der Waals surface area (Å²) in [7, 11) is 1.57. The number of carbonyl (C=O) groups is 1. The summed E-state index contributed by atoms with van der Waals surface area (Å²) in [5, 5.41) is 11.8. The number of nitrogens with two attached hydrogens (primary N) is 1. The molecule has 0 saturated carbocycles. The largest absolute Gasteiger partial charge is 0.496 e. The summed E-state index contributed by atoms with van der Waals surface area (Å²) in [6, 6.07) is 14.4. The molecule has 0 aliphatic carbocycles. The first-order valence-electron chi connectivity index (χ1n) is 7.61. The molecule has 3 rings (SSSR count). The van der Waals surface area contributed by atoms with Gasteiger partial charge >= 0.3 is 0 Å². The van der Waals surface area contributed by atoms with Crippen molar-refractivity contribution in [2.75, 3.05) is 24.0 Å². The van der Waals surface area contributed by atoms with Gasteiger partial charge in [0.2, 0.25) is 11.1 Å². The predicted octanol–water partition coefficient (Wildman–Crippen LogP) is 3.05. The van der Waals surface area contributed by atoms with E-state index >= 15 is 0 Å². The number of benzene rings is 2. The number of nitrogen functional groups attached to an aromatic ring is 1. The Balaban J connectivity index is 1.69. The van der Waals surface area contributed by atoms with E-state index in [2.05, 4.69) is 15.5 Å². The van der Waals surface area contributed by atoms with E-state index in [0.29, 0.717) is 27.4 Å². The lowest BCUT2D eigenvalue weighted by molar-refractivity contribution is -0.113. The topological polar surface area (TPSA) is 95.1 Å². The Morgan fingerprint density at radius 1 is 1.23 bits per heavy atom. The van der Waals surface area contributed by atoms with Crippen molar-refractivity contribution in [1.82, 2.24) is 14.9 Å². The number of rotatable bonds is 6. The molecule has 0 radical (unpaired) electrons. The number of hydrogen-bond acceptors (Lipinski definition) is 6. The summed E-state index contributed by atoms with van der Waals surface area (Å²) in [4.78, 5) is 12.1. The van der Waals surface area contributed by atoms with E-state index in [1.54, 1.807) is 31.4 Å². The number of para-hydroxylation sites is 2. The standard InChI is InChI=1S/C17H16ClN5O2S/c1-25-14-9-5-2-6-11(14)16-21-22-17(23(16)19)26-10-15(24)20-13-8-4-3-7-12(13)18/h2-9H,10,19H2,1H3,(H,20,24). The van der Waals surface area contributed by atoms with Gasteiger partial charge in [-0.1, -0.05) is 47.6 Å². The fraction of sp³-hybridized carbons (Fsp3) is 0.118. The van der Waals surface area contributed by atoms with E-state index in [4.69, 9.17) is 22.2 Å². The van der Waals surface area contributed by atoms with Gasteiger partial charge < -0.3 is 15.9 Å². The molecule has 0 atom stereocenters. The highest BCUT2D eigenvalue weighted by Crippen LogP contribution is 2.29. The van der Waals surface area contributed by atoms with Gasteiger partial charge in [-0.25, -0.2) is 4.68 Å². The highest BCUT2D eigenvalue weighted by atomic mass is 35.5. The molecule has 3 N–H and O–H groups in total. The van der Waals surface area contributed by atoms with Gasteiger partial charge in [0.25, 0.3) is 0 Å².